The normalized spacial score (nSPS) is 16.8. The van der Waals surface area contributed by atoms with Gasteiger partial charge in [-0.25, -0.2) is 0 Å². The van der Waals surface area contributed by atoms with Gasteiger partial charge in [-0.1, -0.05) is 0 Å². The maximum absolute atomic E-state index is 12.1. The van der Waals surface area contributed by atoms with E-state index >= 15 is 0 Å². The molecular formula is C13H18N4OS. The quantitative estimate of drug-likeness (QED) is 0.888. The summed E-state index contributed by atoms with van der Waals surface area (Å²) in [6, 6.07) is 2.02. The van der Waals surface area contributed by atoms with Crippen molar-refractivity contribution in [3.8, 4) is 0 Å². The van der Waals surface area contributed by atoms with Gasteiger partial charge in [0, 0.05) is 25.0 Å². The van der Waals surface area contributed by atoms with E-state index in [1.54, 1.807) is 0 Å². The molecule has 1 aliphatic carbocycles. The number of nitrogens with one attached hydrogen (secondary N) is 1. The number of aromatic nitrogens is 2. The van der Waals surface area contributed by atoms with Gasteiger partial charge in [0.05, 0.1) is 10.6 Å². The molecule has 2 heterocycles. The van der Waals surface area contributed by atoms with E-state index in [4.69, 9.17) is 5.73 Å². The van der Waals surface area contributed by atoms with Gasteiger partial charge < -0.3 is 11.1 Å². The summed E-state index contributed by atoms with van der Waals surface area (Å²) < 4.78 is 1.82. The Labute approximate surface area is 115 Å². The van der Waals surface area contributed by atoms with Crippen LogP contribution in [-0.4, -0.2) is 28.3 Å². The van der Waals surface area contributed by atoms with E-state index in [0.29, 0.717) is 12.5 Å². The predicted octanol–water partition coefficient (Wildman–Crippen LogP) is 1.41. The highest BCUT2D eigenvalue weighted by atomic mass is 32.1. The smallest absolute Gasteiger partial charge is 0.261 e. The Morgan fingerprint density at radius 3 is 3.05 bits per heavy atom. The minimum absolute atomic E-state index is 0.0308. The van der Waals surface area contributed by atoms with Crippen LogP contribution in [0.2, 0.25) is 0 Å². The molecule has 19 heavy (non-hydrogen) atoms. The van der Waals surface area contributed by atoms with Crippen LogP contribution in [0.3, 0.4) is 0 Å². The largest absolute Gasteiger partial charge is 0.350 e. The van der Waals surface area contributed by atoms with Crippen LogP contribution in [0.25, 0.3) is 10.2 Å². The third kappa shape index (κ3) is 2.37. The van der Waals surface area contributed by atoms with Crippen LogP contribution in [0.4, 0.5) is 0 Å². The van der Waals surface area contributed by atoms with Gasteiger partial charge in [0.15, 0.2) is 0 Å². The number of fused-ring (bicyclic) bond motifs is 1. The van der Waals surface area contributed by atoms with Gasteiger partial charge >= 0.3 is 0 Å². The van der Waals surface area contributed by atoms with Crippen molar-refractivity contribution in [3.05, 3.63) is 16.6 Å². The summed E-state index contributed by atoms with van der Waals surface area (Å²) in [6.45, 7) is 2.52. The fourth-order valence-corrected chi connectivity index (χ4v) is 3.35. The van der Waals surface area contributed by atoms with Crippen molar-refractivity contribution in [2.75, 3.05) is 6.54 Å². The third-order valence-electron chi connectivity index (χ3n) is 3.65. The summed E-state index contributed by atoms with van der Waals surface area (Å²) in [5, 5.41) is 8.32. The molecule has 0 aliphatic heterocycles. The SMILES string of the molecule is Cc1nn(C)c2sc(C(=O)NCC(N)C3CC3)cc12. The standard InChI is InChI=1S/C13H18N4OS/c1-7-9-5-11(19-13(9)17(2)16-7)12(18)15-6-10(14)8-3-4-8/h5,8,10H,3-4,6,14H2,1-2H3,(H,15,18). The minimum atomic E-state index is -0.0308. The number of rotatable bonds is 4. The molecule has 3 rings (SSSR count). The molecule has 1 fully saturated rings. The van der Waals surface area contributed by atoms with Crippen LogP contribution in [0.1, 0.15) is 28.2 Å². The zero-order valence-electron chi connectivity index (χ0n) is 11.1. The average Bonchev–Trinajstić information content (AvgIpc) is 3.07. The fourth-order valence-electron chi connectivity index (χ4n) is 2.31. The number of hydrogen-bond donors (Lipinski definition) is 2. The molecule has 1 aliphatic rings. The van der Waals surface area contributed by atoms with Crippen LogP contribution in [0.5, 0.6) is 0 Å². The second-order valence-electron chi connectivity index (χ2n) is 5.25. The van der Waals surface area contributed by atoms with Crippen molar-refractivity contribution in [3.63, 3.8) is 0 Å². The van der Waals surface area contributed by atoms with Crippen LogP contribution in [-0.2, 0) is 7.05 Å². The van der Waals surface area contributed by atoms with Crippen molar-refractivity contribution in [2.45, 2.75) is 25.8 Å². The Kier molecular flexibility index (Phi) is 3.06. The zero-order valence-corrected chi connectivity index (χ0v) is 12.0. The lowest BCUT2D eigenvalue weighted by Gasteiger charge is -2.10. The van der Waals surface area contributed by atoms with Crippen molar-refractivity contribution >= 4 is 27.5 Å². The van der Waals surface area contributed by atoms with E-state index in [1.165, 1.54) is 24.2 Å². The lowest BCUT2D eigenvalue weighted by atomic mass is 10.2. The molecule has 1 amide bonds. The Bertz CT molecular complexity index is 591. The average molecular weight is 278 g/mol. The number of amides is 1. The molecule has 0 aromatic carbocycles. The first kappa shape index (κ1) is 12.6. The van der Waals surface area contributed by atoms with E-state index in [-0.39, 0.29) is 11.9 Å². The van der Waals surface area contributed by atoms with E-state index in [1.807, 2.05) is 24.7 Å². The van der Waals surface area contributed by atoms with Gasteiger partial charge in [0.2, 0.25) is 0 Å². The second kappa shape index (κ2) is 4.61. The second-order valence-corrected chi connectivity index (χ2v) is 6.28. The first-order valence-electron chi connectivity index (χ1n) is 6.53. The van der Waals surface area contributed by atoms with Crippen molar-refractivity contribution in [1.29, 1.82) is 0 Å². The highest BCUT2D eigenvalue weighted by Gasteiger charge is 2.28. The van der Waals surface area contributed by atoms with Gasteiger partial charge in [-0.2, -0.15) is 5.10 Å². The topological polar surface area (TPSA) is 72.9 Å². The number of aryl methyl sites for hydroxylation is 2. The third-order valence-corrected chi connectivity index (χ3v) is 4.85. The maximum atomic E-state index is 12.1. The number of carbonyl (C=O) groups is 1. The molecule has 1 atom stereocenters. The molecule has 0 radical (unpaired) electrons. The Balaban J connectivity index is 1.72. The molecule has 102 valence electrons. The van der Waals surface area contributed by atoms with Crippen LogP contribution in [0, 0.1) is 12.8 Å². The summed E-state index contributed by atoms with van der Waals surface area (Å²) >= 11 is 1.48. The molecular weight excluding hydrogens is 260 g/mol. The van der Waals surface area contributed by atoms with Crippen LogP contribution >= 0.6 is 11.3 Å². The van der Waals surface area contributed by atoms with Crippen molar-refractivity contribution in [1.82, 2.24) is 15.1 Å². The van der Waals surface area contributed by atoms with Gasteiger partial charge in [-0.3, -0.25) is 9.48 Å². The molecule has 1 unspecified atom stereocenters. The van der Waals surface area contributed by atoms with Gasteiger partial charge in [0.25, 0.3) is 5.91 Å². The maximum Gasteiger partial charge on any atom is 0.261 e. The van der Waals surface area contributed by atoms with E-state index in [0.717, 1.165) is 20.8 Å². The predicted molar refractivity (Wildman–Crippen MR) is 76.4 cm³/mol. The molecule has 0 spiro atoms. The molecule has 5 nitrogen and oxygen atoms in total. The minimum Gasteiger partial charge on any atom is -0.350 e. The molecule has 3 N–H and O–H groups in total. The Hall–Kier alpha value is -1.40. The summed E-state index contributed by atoms with van der Waals surface area (Å²) in [4.78, 5) is 13.9. The molecule has 6 heteroatoms. The lowest BCUT2D eigenvalue weighted by molar-refractivity contribution is 0.0954. The molecule has 0 bridgehead atoms. The monoisotopic (exact) mass is 278 g/mol. The first-order valence-corrected chi connectivity index (χ1v) is 7.35. The highest BCUT2D eigenvalue weighted by Crippen LogP contribution is 2.31. The number of carbonyl (C=O) groups excluding carboxylic acids is 1. The first-order chi connectivity index (χ1) is 9.06. The molecule has 1 saturated carbocycles. The fraction of sp³-hybridized carbons (Fsp3) is 0.538. The van der Waals surface area contributed by atoms with Gasteiger partial charge in [-0.15, -0.1) is 11.3 Å². The van der Waals surface area contributed by atoms with Gasteiger partial charge in [0.1, 0.15) is 4.83 Å². The number of hydrogen-bond acceptors (Lipinski definition) is 4. The lowest BCUT2D eigenvalue weighted by Crippen LogP contribution is -2.38. The van der Waals surface area contributed by atoms with Crippen molar-refractivity contribution in [2.24, 2.45) is 18.7 Å². The molecule has 2 aromatic rings. The van der Waals surface area contributed by atoms with Crippen molar-refractivity contribution < 1.29 is 4.79 Å². The van der Waals surface area contributed by atoms with Crippen LogP contribution in [0.15, 0.2) is 6.07 Å². The number of nitrogens with two attached hydrogens (primary N) is 1. The number of nitrogens with zero attached hydrogens (tertiary/aromatic N) is 2. The summed E-state index contributed by atoms with van der Waals surface area (Å²) in [5.41, 5.74) is 6.94. The molecule has 2 aromatic heterocycles. The molecule has 0 saturated heterocycles. The van der Waals surface area contributed by atoms with E-state index < -0.39 is 0 Å². The summed E-state index contributed by atoms with van der Waals surface area (Å²) in [6.07, 6.45) is 2.40. The Morgan fingerprint density at radius 1 is 1.68 bits per heavy atom. The number of thiophene rings is 1. The zero-order chi connectivity index (χ0) is 13.6. The van der Waals surface area contributed by atoms with E-state index in [2.05, 4.69) is 10.4 Å². The summed E-state index contributed by atoms with van der Waals surface area (Å²) in [7, 11) is 1.90. The van der Waals surface area contributed by atoms with Gasteiger partial charge in [-0.05, 0) is 31.7 Å². The highest BCUT2D eigenvalue weighted by molar-refractivity contribution is 7.20. The Morgan fingerprint density at radius 2 is 2.42 bits per heavy atom. The van der Waals surface area contributed by atoms with E-state index in [9.17, 15) is 4.79 Å². The van der Waals surface area contributed by atoms with Crippen LogP contribution < -0.4 is 11.1 Å². The summed E-state index contributed by atoms with van der Waals surface area (Å²) in [5.74, 6) is 0.575.